The topological polar surface area (TPSA) is 0 Å². The second kappa shape index (κ2) is 4.68. The normalized spacial score (nSPS) is 19.4. The van der Waals surface area contributed by atoms with Crippen molar-refractivity contribution in [2.45, 2.75) is 40.5 Å². The minimum Gasteiger partial charge on any atom is -0.0804 e. The van der Waals surface area contributed by atoms with Crippen molar-refractivity contribution in [3.8, 4) is 0 Å². The summed E-state index contributed by atoms with van der Waals surface area (Å²) < 4.78 is 0. The lowest BCUT2D eigenvalue weighted by Gasteiger charge is -2.45. The van der Waals surface area contributed by atoms with Crippen molar-refractivity contribution in [2.24, 2.45) is 17.3 Å². The molecule has 0 radical (unpaired) electrons. The summed E-state index contributed by atoms with van der Waals surface area (Å²) in [7, 11) is 0. The van der Waals surface area contributed by atoms with Crippen LogP contribution in [0.25, 0.3) is 0 Å². The van der Waals surface area contributed by atoms with E-state index < -0.39 is 0 Å². The van der Waals surface area contributed by atoms with Gasteiger partial charge in [0, 0.05) is 5.41 Å². The Bertz CT molecular complexity index is 360. The summed E-state index contributed by atoms with van der Waals surface area (Å²) in [6.45, 7) is 9.49. The van der Waals surface area contributed by atoms with Crippen LogP contribution < -0.4 is 0 Å². The van der Waals surface area contributed by atoms with Crippen molar-refractivity contribution < 1.29 is 0 Å². The van der Waals surface area contributed by atoms with Crippen molar-refractivity contribution >= 4 is 0 Å². The largest absolute Gasteiger partial charge is 0.0804 e. The maximum atomic E-state index is 2.37. The molecule has 0 nitrogen and oxygen atoms in total. The summed E-state index contributed by atoms with van der Waals surface area (Å²) >= 11 is 0. The first-order chi connectivity index (χ1) is 8.10. The van der Waals surface area contributed by atoms with Crippen LogP contribution in [0.15, 0.2) is 47.6 Å². The van der Waals surface area contributed by atoms with Crippen LogP contribution >= 0.6 is 0 Å². The predicted molar refractivity (Wildman–Crippen MR) is 75.8 cm³/mol. The van der Waals surface area contributed by atoms with Gasteiger partial charge < -0.3 is 0 Å². The Hall–Kier alpha value is -1.04. The third-order valence-electron chi connectivity index (χ3n) is 4.43. The Morgan fingerprint density at radius 2 is 1.24 bits per heavy atom. The van der Waals surface area contributed by atoms with Crippen LogP contribution in [0.2, 0.25) is 0 Å². The molecule has 0 heterocycles. The average molecular weight is 228 g/mol. The Morgan fingerprint density at radius 3 is 1.47 bits per heavy atom. The second-order valence-electron chi connectivity index (χ2n) is 5.83. The van der Waals surface area contributed by atoms with Crippen molar-refractivity contribution in [1.29, 1.82) is 0 Å². The molecule has 0 spiro atoms. The molecule has 0 amide bonds. The molecule has 0 aromatic rings. The molecule has 0 saturated carbocycles. The van der Waals surface area contributed by atoms with Crippen LogP contribution in [-0.4, -0.2) is 0 Å². The van der Waals surface area contributed by atoms with Gasteiger partial charge in [0.05, 0.1) is 0 Å². The molecule has 2 aliphatic rings. The summed E-state index contributed by atoms with van der Waals surface area (Å²) in [5, 5.41) is 0. The van der Waals surface area contributed by atoms with Gasteiger partial charge in [0.15, 0.2) is 0 Å². The summed E-state index contributed by atoms with van der Waals surface area (Å²) in [6.07, 6.45) is 16.0. The maximum absolute atomic E-state index is 2.37. The van der Waals surface area contributed by atoms with Crippen molar-refractivity contribution in [3.05, 3.63) is 47.6 Å². The summed E-state index contributed by atoms with van der Waals surface area (Å²) in [6, 6.07) is 0. The Morgan fingerprint density at radius 1 is 0.824 bits per heavy atom. The quantitative estimate of drug-likeness (QED) is 0.631. The van der Waals surface area contributed by atoms with Gasteiger partial charge in [-0.05, 0) is 24.7 Å². The SMILES string of the molecule is CC(C)C(C1=CC=CC1)(C1=CC=CC1)C(C)C. The fraction of sp³-hybridized carbons (Fsp3) is 0.529. The molecule has 17 heavy (non-hydrogen) atoms. The highest BCUT2D eigenvalue weighted by Crippen LogP contribution is 2.53. The van der Waals surface area contributed by atoms with E-state index in [0.717, 1.165) is 12.8 Å². The molecule has 0 heteroatoms. The standard InChI is InChI=1S/C17H24/c1-13(2)17(14(3)4,15-9-5-6-10-15)16-11-7-8-12-16/h5-9,11,13-14H,10,12H2,1-4H3. The molecule has 0 aliphatic heterocycles. The maximum Gasteiger partial charge on any atom is 0.0179 e. The molecule has 0 N–H and O–H groups in total. The zero-order valence-electron chi connectivity index (χ0n) is 11.5. The molecular formula is C17H24. The van der Waals surface area contributed by atoms with Crippen LogP contribution in [0.4, 0.5) is 0 Å². The Balaban J connectivity index is 2.46. The van der Waals surface area contributed by atoms with E-state index in [1.54, 1.807) is 11.1 Å². The fourth-order valence-corrected chi connectivity index (χ4v) is 3.86. The van der Waals surface area contributed by atoms with E-state index in [0.29, 0.717) is 11.8 Å². The molecule has 2 rings (SSSR count). The minimum absolute atomic E-state index is 0.257. The Kier molecular flexibility index (Phi) is 3.42. The highest BCUT2D eigenvalue weighted by Gasteiger charge is 2.43. The number of allylic oxidation sites excluding steroid dienone is 8. The van der Waals surface area contributed by atoms with Gasteiger partial charge in [0.25, 0.3) is 0 Å². The molecule has 0 aromatic carbocycles. The highest BCUT2D eigenvalue weighted by molar-refractivity contribution is 5.42. The van der Waals surface area contributed by atoms with E-state index in [9.17, 15) is 0 Å². The first-order valence-electron chi connectivity index (χ1n) is 6.82. The van der Waals surface area contributed by atoms with Gasteiger partial charge in [0.2, 0.25) is 0 Å². The molecule has 0 aromatic heterocycles. The van der Waals surface area contributed by atoms with Gasteiger partial charge in [-0.1, -0.05) is 75.3 Å². The lowest BCUT2D eigenvalue weighted by atomic mass is 9.59. The third-order valence-corrected chi connectivity index (χ3v) is 4.43. The van der Waals surface area contributed by atoms with Crippen molar-refractivity contribution in [1.82, 2.24) is 0 Å². The van der Waals surface area contributed by atoms with Gasteiger partial charge in [-0.25, -0.2) is 0 Å². The van der Waals surface area contributed by atoms with Crippen LogP contribution in [0.1, 0.15) is 40.5 Å². The van der Waals surface area contributed by atoms with Crippen molar-refractivity contribution in [2.75, 3.05) is 0 Å². The predicted octanol–water partition coefficient (Wildman–Crippen LogP) is 5.06. The van der Waals surface area contributed by atoms with Gasteiger partial charge in [0.1, 0.15) is 0 Å². The molecule has 0 fully saturated rings. The Labute approximate surface area is 106 Å². The second-order valence-corrected chi connectivity index (χ2v) is 5.83. The highest BCUT2D eigenvalue weighted by atomic mass is 14.5. The zero-order valence-corrected chi connectivity index (χ0v) is 11.5. The van der Waals surface area contributed by atoms with E-state index in [2.05, 4.69) is 64.2 Å². The van der Waals surface area contributed by atoms with Crippen LogP contribution in [0.3, 0.4) is 0 Å². The van der Waals surface area contributed by atoms with Crippen molar-refractivity contribution in [3.63, 3.8) is 0 Å². The minimum atomic E-state index is 0.257. The lowest BCUT2D eigenvalue weighted by molar-refractivity contribution is 0.207. The van der Waals surface area contributed by atoms with E-state index in [1.807, 2.05) is 0 Å². The number of hydrogen-bond donors (Lipinski definition) is 0. The number of rotatable bonds is 4. The fourth-order valence-electron chi connectivity index (χ4n) is 3.86. The zero-order chi connectivity index (χ0) is 12.5. The van der Waals surface area contributed by atoms with Gasteiger partial charge in [-0.15, -0.1) is 0 Å². The van der Waals surface area contributed by atoms with Crippen LogP contribution in [0.5, 0.6) is 0 Å². The molecule has 2 aliphatic carbocycles. The summed E-state index contributed by atoms with van der Waals surface area (Å²) in [4.78, 5) is 0. The molecule has 0 bridgehead atoms. The van der Waals surface area contributed by atoms with E-state index >= 15 is 0 Å². The third kappa shape index (κ3) is 1.84. The van der Waals surface area contributed by atoms with Gasteiger partial charge >= 0.3 is 0 Å². The van der Waals surface area contributed by atoms with Crippen LogP contribution in [0, 0.1) is 17.3 Å². The number of hydrogen-bond acceptors (Lipinski definition) is 0. The van der Waals surface area contributed by atoms with Gasteiger partial charge in [-0.2, -0.15) is 0 Å². The summed E-state index contributed by atoms with van der Waals surface area (Å²) in [5.74, 6) is 1.31. The average Bonchev–Trinajstić information content (AvgIpc) is 2.88. The molecule has 0 unspecified atom stereocenters. The molecular weight excluding hydrogens is 204 g/mol. The summed E-state index contributed by atoms with van der Waals surface area (Å²) in [5.41, 5.74) is 3.47. The first-order valence-corrected chi connectivity index (χ1v) is 6.82. The smallest absolute Gasteiger partial charge is 0.0179 e. The van der Waals surface area contributed by atoms with Gasteiger partial charge in [-0.3, -0.25) is 0 Å². The molecule has 0 saturated heterocycles. The molecule has 92 valence electrons. The lowest BCUT2D eigenvalue weighted by Crippen LogP contribution is -2.36. The van der Waals surface area contributed by atoms with E-state index in [-0.39, 0.29) is 5.41 Å². The first kappa shape index (κ1) is 12.4. The monoisotopic (exact) mass is 228 g/mol. The molecule has 0 atom stereocenters. The van der Waals surface area contributed by atoms with E-state index in [4.69, 9.17) is 0 Å². The van der Waals surface area contributed by atoms with Crippen LogP contribution in [-0.2, 0) is 0 Å². The van der Waals surface area contributed by atoms with E-state index in [1.165, 1.54) is 0 Å².